The number of amides is 1. The highest BCUT2D eigenvalue weighted by atomic mass is 79.9. The van der Waals surface area contributed by atoms with E-state index < -0.39 is 10.0 Å². The second-order valence-corrected chi connectivity index (χ2v) is 11.1. The fraction of sp³-hybridized carbons (Fsp3) is 0.235. The highest BCUT2D eigenvalue weighted by Gasteiger charge is 2.32. The number of piperazine rings is 1. The molecule has 1 amide bonds. The number of halogens is 2. The van der Waals surface area contributed by atoms with Gasteiger partial charge in [0.25, 0.3) is 15.9 Å². The third-order valence-electron chi connectivity index (χ3n) is 4.36. The molecule has 2 aromatic heterocycles. The van der Waals surface area contributed by atoms with Gasteiger partial charge < -0.3 is 9.32 Å². The standard InChI is InChI=1S/C17H14BrClN2O4S2/c18-15-3-4-16(26-15)27(23,24)21-7-5-20(6-8-21)17(22)14-10-11-9-12(19)1-2-13(11)25-14/h1-4,9-10H,5-8H2. The molecular formula is C17H14BrClN2O4S2. The van der Waals surface area contributed by atoms with E-state index in [0.29, 0.717) is 27.9 Å². The molecule has 3 heterocycles. The molecule has 4 rings (SSSR count). The minimum atomic E-state index is -3.53. The first-order valence-electron chi connectivity index (χ1n) is 8.08. The third-order valence-corrected chi connectivity index (χ3v) is 8.58. The van der Waals surface area contributed by atoms with Gasteiger partial charge in [0.1, 0.15) is 9.79 Å². The molecule has 1 aromatic carbocycles. The van der Waals surface area contributed by atoms with E-state index in [1.165, 1.54) is 15.6 Å². The molecular weight excluding hydrogens is 476 g/mol. The quantitative estimate of drug-likeness (QED) is 0.556. The summed E-state index contributed by atoms with van der Waals surface area (Å²) >= 11 is 10.4. The smallest absolute Gasteiger partial charge is 0.289 e. The van der Waals surface area contributed by atoms with E-state index >= 15 is 0 Å². The Morgan fingerprint density at radius 3 is 2.52 bits per heavy atom. The molecule has 0 radical (unpaired) electrons. The zero-order valence-corrected chi connectivity index (χ0v) is 17.9. The summed E-state index contributed by atoms with van der Waals surface area (Å²) in [4.78, 5) is 14.3. The van der Waals surface area contributed by atoms with E-state index in [1.807, 2.05) is 0 Å². The summed E-state index contributed by atoms with van der Waals surface area (Å²) in [6, 6.07) is 10.1. The minimum absolute atomic E-state index is 0.228. The van der Waals surface area contributed by atoms with Crippen LogP contribution in [0, 0.1) is 0 Å². The lowest BCUT2D eigenvalue weighted by Crippen LogP contribution is -2.50. The van der Waals surface area contributed by atoms with Crippen molar-refractivity contribution >= 4 is 65.8 Å². The normalized spacial score (nSPS) is 16.1. The maximum atomic E-state index is 12.7. The second kappa shape index (κ2) is 7.21. The number of nitrogens with zero attached hydrogens (tertiary/aromatic N) is 2. The van der Waals surface area contributed by atoms with Crippen molar-refractivity contribution in [1.29, 1.82) is 0 Å². The molecule has 0 N–H and O–H groups in total. The number of thiophene rings is 1. The average Bonchev–Trinajstić information content (AvgIpc) is 3.27. The molecule has 1 saturated heterocycles. The highest BCUT2D eigenvalue weighted by molar-refractivity contribution is 9.11. The van der Waals surface area contributed by atoms with E-state index in [1.54, 1.807) is 41.3 Å². The van der Waals surface area contributed by atoms with Crippen LogP contribution < -0.4 is 0 Å². The Morgan fingerprint density at radius 1 is 1.11 bits per heavy atom. The average molecular weight is 490 g/mol. The summed E-state index contributed by atoms with van der Waals surface area (Å²) in [5.41, 5.74) is 0.590. The molecule has 27 heavy (non-hydrogen) atoms. The molecule has 3 aromatic rings. The SMILES string of the molecule is O=C(c1cc2cc(Cl)ccc2o1)N1CCN(S(=O)(=O)c2ccc(Br)s2)CC1. The van der Waals surface area contributed by atoms with Crippen LogP contribution in [-0.2, 0) is 10.0 Å². The molecule has 0 spiro atoms. The first-order chi connectivity index (χ1) is 12.8. The molecule has 0 unspecified atom stereocenters. The Morgan fingerprint density at radius 2 is 1.85 bits per heavy atom. The number of hydrogen-bond acceptors (Lipinski definition) is 5. The van der Waals surface area contributed by atoms with E-state index in [-0.39, 0.29) is 24.8 Å². The van der Waals surface area contributed by atoms with Crippen LogP contribution in [0.3, 0.4) is 0 Å². The first kappa shape index (κ1) is 18.9. The van der Waals surface area contributed by atoms with Crippen LogP contribution in [0.1, 0.15) is 10.6 Å². The predicted octanol–water partition coefficient (Wildman–Crippen LogP) is 4.06. The molecule has 1 fully saturated rings. The molecule has 0 atom stereocenters. The van der Waals surface area contributed by atoms with Crippen molar-refractivity contribution in [2.45, 2.75) is 4.21 Å². The summed E-state index contributed by atoms with van der Waals surface area (Å²) < 4.78 is 33.4. The summed E-state index contributed by atoms with van der Waals surface area (Å²) in [5, 5.41) is 1.33. The number of carbonyl (C=O) groups is 1. The van der Waals surface area contributed by atoms with Crippen molar-refractivity contribution in [3.8, 4) is 0 Å². The van der Waals surface area contributed by atoms with Crippen molar-refractivity contribution in [3.63, 3.8) is 0 Å². The van der Waals surface area contributed by atoms with Crippen molar-refractivity contribution in [1.82, 2.24) is 9.21 Å². The predicted molar refractivity (Wildman–Crippen MR) is 108 cm³/mol. The highest BCUT2D eigenvalue weighted by Crippen LogP contribution is 2.29. The molecule has 1 aliphatic rings. The van der Waals surface area contributed by atoms with Crippen LogP contribution in [0.25, 0.3) is 11.0 Å². The van der Waals surface area contributed by atoms with Crippen molar-refractivity contribution < 1.29 is 17.6 Å². The van der Waals surface area contributed by atoms with E-state index in [2.05, 4.69) is 15.9 Å². The Balaban J connectivity index is 1.47. The van der Waals surface area contributed by atoms with Gasteiger partial charge in [0.2, 0.25) is 0 Å². The van der Waals surface area contributed by atoms with Gasteiger partial charge >= 0.3 is 0 Å². The summed E-state index contributed by atoms with van der Waals surface area (Å²) in [6.07, 6.45) is 0. The summed E-state index contributed by atoms with van der Waals surface area (Å²) in [6.45, 7) is 1.11. The van der Waals surface area contributed by atoms with Crippen molar-refractivity contribution in [2.24, 2.45) is 0 Å². The summed E-state index contributed by atoms with van der Waals surface area (Å²) in [7, 11) is -3.53. The lowest BCUT2D eigenvalue weighted by Gasteiger charge is -2.33. The Hall–Kier alpha value is -1.39. The number of carbonyl (C=O) groups excluding carboxylic acids is 1. The van der Waals surface area contributed by atoms with Crippen LogP contribution in [0.4, 0.5) is 0 Å². The number of rotatable bonds is 3. The van der Waals surface area contributed by atoms with E-state index in [0.717, 1.165) is 9.17 Å². The zero-order valence-electron chi connectivity index (χ0n) is 13.9. The van der Waals surface area contributed by atoms with E-state index in [4.69, 9.17) is 16.0 Å². The first-order valence-corrected chi connectivity index (χ1v) is 11.5. The largest absolute Gasteiger partial charge is 0.451 e. The maximum absolute atomic E-state index is 12.7. The molecule has 0 bridgehead atoms. The third kappa shape index (κ3) is 3.66. The van der Waals surface area contributed by atoms with Gasteiger partial charge in [-0.15, -0.1) is 11.3 Å². The Bertz CT molecular complexity index is 1120. The number of sulfonamides is 1. The van der Waals surface area contributed by atoms with Crippen LogP contribution in [-0.4, -0.2) is 49.7 Å². The maximum Gasteiger partial charge on any atom is 0.289 e. The minimum Gasteiger partial charge on any atom is -0.451 e. The lowest BCUT2D eigenvalue weighted by molar-refractivity contribution is 0.0668. The van der Waals surface area contributed by atoms with Crippen LogP contribution in [0.5, 0.6) is 0 Å². The number of furan rings is 1. The van der Waals surface area contributed by atoms with Gasteiger partial charge in [-0.05, 0) is 52.3 Å². The monoisotopic (exact) mass is 488 g/mol. The van der Waals surface area contributed by atoms with Crippen molar-refractivity contribution in [3.05, 3.63) is 51.0 Å². The van der Waals surface area contributed by atoms with Gasteiger partial charge in [-0.1, -0.05) is 11.6 Å². The van der Waals surface area contributed by atoms with Crippen molar-refractivity contribution in [2.75, 3.05) is 26.2 Å². The van der Waals surface area contributed by atoms with Crippen LogP contribution >= 0.6 is 38.9 Å². The Labute approximate surface area is 173 Å². The number of hydrogen-bond donors (Lipinski definition) is 0. The van der Waals surface area contributed by atoms with Crippen LogP contribution in [0.15, 0.2) is 48.8 Å². The number of fused-ring (bicyclic) bond motifs is 1. The molecule has 6 nitrogen and oxygen atoms in total. The van der Waals surface area contributed by atoms with Gasteiger partial charge in [-0.25, -0.2) is 8.42 Å². The fourth-order valence-electron chi connectivity index (χ4n) is 2.97. The zero-order chi connectivity index (χ0) is 19.2. The fourth-order valence-corrected chi connectivity index (χ4v) is 6.74. The molecule has 142 valence electrons. The van der Waals surface area contributed by atoms with Gasteiger partial charge in [-0.3, -0.25) is 4.79 Å². The summed E-state index contributed by atoms with van der Waals surface area (Å²) in [5.74, 6) is -0.0241. The topological polar surface area (TPSA) is 70.8 Å². The molecule has 0 saturated carbocycles. The van der Waals surface area contributed by atoms with Crippen LogP contribution in [0.2, 0.25) is 5.02 Å². The Kier molecular flexibility index (Phi) is 5.06. The number of benzene rings is 1. The lowest BCUT2D eigenvalue weighted by atomic mass is 10.2. The molecule has 10 heteroatoms. The van der Waals surface area contributed by atoms with Gasteiger partial charge in [0.15, 0.2) is 5.76 Å². The molecule has 1 aliphatic heterocycles. The second-order valence-electron chi connectivity index (χ2n) is 6.05. The van der Waals surface area contributed by atoms with Gasteiger partial charge in [-0.2, -0.15) is 4.31 Å². The van der Waals surface area contributed by atoms with Gasteiger partial charge in [0, 0.05) is 36.6 Å². The van der Waals surface area contributed by atoms with Gasteiger partial charge in [0.05, 0.1) is 3.79 Å². The molecule has 0 aliphatic carbocycles. The van der Waals surface area contributed by atoms with E-state index in [9.17, 15) is 13.2 Å².